The summed E-state index contributed by atoms with van der Waals surface area (Å²) >= 11 is 3.02. The molecule has 0 radical (unpaired) electrons. The molecule has 0 heterocycles. The highest BCUT2D eigenvalue weighted by molar-refractivity contribution is 9.09. The van der Waals surface area contributed by atoms with Crippen molar-refractivity contribution in [1.82, 2.24) is 4.90 Å². The summed E-state index contributed by atoms with van der Waals surface area (Å²) in [6.45, 7) is -0.777. The van der Waals surface area contributed by atoms with Gasteiger partial charge in [0.15, 0.2) is 0 Å². The second-order valence-corrected chi connectivity index (χ2v) is 4.25. The van der Waals surface area contributed by atoms with Crippen LogP contribution in [0, 0.1) is 11.6 Å². The molecule has 0 fully saturated rings. The van der Waals surface area contributed by atoms with E-state index >= 15 is 0 Å². The number of hydrogen-bond acceptors (Lipinski definition) is 1. The van der Waals surface area contributed by atoms with Gasteiger partial charge in [-0.15, -0.1) is 0 Å². The summed E-state index contributed by atoms with van der Waals surface area (Å²) in [7, 11) is 0. The summed E-state index contributed by atoms with van der Waals surface area (Å²) < 4.78 is 50.6. The van der Waals surface area contributed by atoms with E-state index in [1.165, 1.54) is 0 Å². The van der Waals surface area contributed by atoms with Crippen LogP contribution in [0.4, 0.5) is 17.6 Å². The zero-order chi connectivity index (χ0) is 13.7. The first kappa shape index (κ1) is 14.9. The molecule has 2 nitrogen and oxygen atoms in total. The average molecular weight is 328 g/mol. The first-order chi connectivity index (χ1) is 8.45. The van der Waals surface area contributed by atoms with Gasteiger partial charge in [-0.3, -0.25) is 4.79 Å². The summed E-state index contributed by atoms with van der Waals surface area (Å²) in [4.78, 5) is 12.6. The number of carbonyl (C=O) groups excluding carboxylic acids is 1. The van der Waals surface area contributed by atoms with Gasteiger partial charge in [0.2, 0.25) is 0 Å². The highest BCUT2D eigenvalue weighted by atomic mass is 79.9. The lowest BCUT2D eigenvalue weighted by molar-refractivity contribution is 0.0568. The van der Waals surface area contributed by atoms with Gasteiger partial charge in [0.1, 0.15) is 11.6 Å². The predicted molar refractivity (Wildman–Crippen MR) is 62.1 cm³/mol. The number of carbonyl (C=O) groups is 1. The third-order valence-electron chi connectivity index (χ3n) is 2.16. The standard InChI is InChI=1S/C11H10BrF4NO/c12-3-4-17(6-10(15)16)11(18)8-2-1-7(13)5-9(8)14/h1-2,5,10H,3-4,6H2. The maximum absolute atomic E-state index is 13.4. The van der Waals surface area contributed by atoms with E-state index < -0.39 is 36.1 Å². The molecule has 100 valence electrons. The molecule has 1 aromatic carbocycles. The van der Waals surface area contributed by atoms with Crippen molar-refractivity contribution in [2.24, 2.45) is 0 Å². The topological polar surface area (TPSA) is 20.3 Å². The molecular formula is C11H10BrF4NO. The lowest BCUT2D eigenvalue weighted by Crippen LogP contribution is -2.37. The lowest BCUT2D eigenvalue weighted by atomic mass is 10.2. The fourth-order valence-corrected chi connectivity index (χ4v) is 1.81. The SMILES string of the molecule is O=C(c1ccc(F)cc1F)N(CCBr)CC(F)F. The maximum atomic E-state index is 13.4. The molecule has 0 saturated carbocycles. The highest BCUT2D eigenvalue weighted by Gasteiger charge is 2.22. The number of amides is 1. The molecule has 0 aliphatic rings. The van der Waals surface area contributed by atoms with Crippen LogP contribution in [0.2, 0.25) is 0 Å². The van der Waals surface area contributed by atoms with Crippen molar-refractivity contribution in [1.29, 1.82) is 0 Å². The molecule has 0 unspecified atom stereocenters. The number of hydrogen-bond donors (Lipinski definition) is 0. The van der Waals surface area contributed by atoms with Crippen LogP contribution in [0.1, 0.15) is 10.4 Å². The summed E-state index contributed by atoms with van der Waals surface area (Å²) in [5.74, 6) is -2.77. The van der Waals surface area contributed by atoms with Crippen LogP contribution in [-0.2, 0) is 0 Å². The van der Waals surface area contributed by atoms with Crippen molar-refractivity contribution < 1.29 is 22.4 Å². The van der Waals surface area contributed by atoms with Crippen LogP contribution in [0.15, 0.2) is 18.2 Å². The molecule has 1 amide bonds. The van der Waals surface area contributed by atoms with Gasteiger partial charge in [0.25, 0.3) is 12.3 Å². The Kier molecular flexibility index (Phi) is 5.58. The lowest BCUT2D eigenvalue weighted by Gasteiger charge is -2.21. The van der Waals surface area contributed by atoms with Crippen LogP contribution in [0.3, 0.4) is 0 Å². The Morgan fingerprint density at radius 2 is 2.00 bits per heavy atom. The third kappa shape index (κ3) is 3.97. The molecule has 0 aliphatic heterocycles. The second-order valence-electron chi connectivity index (χ2n) is 3.46. The number of nitrogens with zero attached hydrogens (tertiary/aromatic N) is 1. The van der Waals surface area contributed by atoms with E-state index in [9.17, 15) is 22.4 Å². The normalized spacial score (nSPS) is 10.8. The molecule has 0 spiro atoms. The van der Waals surface area contributed by atoms with Crippen molar-refractivity contribution in [2.75, 3.05) is 18.4 Å². The molecule has 0 N–H and O–H groups in total. The van der Waals surface area contributed by atoms with E-state index in [1.54, 1.807) is 0 Å². The number of rotatable bonds is 5. The summed E-state index contributed by atoms with van der Waals surface area (Å²) in [5.41, 5.74) is -0.419. The van der Waals surface area contributed by atoms with Gasteiger partial charge in [0.05, 0.1) is 12.1 Å². The van der Waals surface area contributed by atoms with Gasteiger partial charge >= 0.3 is 0 Å². The highest BCUT2D eigenvalue weighted by Crippen LogP contribution is 2.13. The van der Waals surface area contributed by atoms with Crippen molar-refractivity contribution in [3.63, 3.8) is 0 Å². The molecule has 18 heavy (non-hydrogen) atoms. The van der Waals surface area contributed by atoms with Crippen molar-refractivity contribution in [3.05, 3.63) is 35.4 Å². The number of alkyl halides is 3. The van der Waals surface area contributed by atoms with Gasteiger partial charge in [-0.25, -0.2) is 17.6 Å². The van der Waals surface area contributed by atoms with E-state index in [-0.39, 0.29) is 11.9 Å². The summed E-state index contributed by atoms with van der Waals surface area (Å²) in [5, 5.41) is 0.286. The number of benzene rings is 1. The second kappa shape index (κ2) is 6.72. The first-order valence-corrected chi connectivity index (χ1v) is 6.16. The van der Waals surface area contributed by atoms with Crippen LogP contribution in [0.25, 0.3) is 0 Å². The van der Waals surface area contributed by atoms with Crippen molar-refractivity contribution in [2.45, 2.75) is 6.43 Å². The Labute approximate surface area is 110 Å². The minimum atomic E-state index is -2.71. The Balaban J connectivity index is 2.94. The molecule has 1 aromatic rings. The van der Waals surface area contributed by atoms with E-state index in [0.717, 1.165) is 17.0 Å². The Hall–Kier alpha value is -1.11. The smallest absolute Gasteiger partial charge is 0.257 e. The Morgan fingerprint density at radius 3 is 2.50 bits per heavy atom. The minimum Gasteiger partial charge on any atom is -0.332 e. The average Bonchev–Trinajstić information content (AvgIpc) is 2.27. The molecule has 0 aliphatic carbocycles. The Morgan fingerprint density at radius 1 is 1.33 bits per heavy atom. The largest absolute Gasteiger partial charge is 0.332 e. The molecule has 0 aromatic heterocycles. The number of halogens is 5. The van der Waals surface area contributed by atoms with Crippen LogP contribution < -0.4 is 0 Å². The van der Waals surface area contributed by atoms with Crippen LogP contribution >= 0.6 is 15.9 Å². The molecule has 0 atom stereocenters. The van der Waals surface area contributed by atoms with Gasteiger partial charge in [-0.2, -0.15) is 0 Å². The van der Waals surface area contributed by atoms with E-state index in [1.807, 2.05) is 0 Å². The van der Waals surface area contributed by atoms with Gasteiger partial charge in [0, 0.05) is 17.9 Å². The predicted octanol–water partition coefficient (Wildman–Crippen LogP) is 3.07. The fourth-order valence-electron chi connectivity index (χ4n) is 1.38. The van der Waals surface area contributed by atoms with Crippen molar-refractivity contribution in [3.8, 4) is 0 Å². The fraction of sp³-hybridized carbons (Fsp3) is 0.364. The Bertz CT molecular complexity index is 428. The summed E-state index contributed by atoms with van der Waals surface area (Å²) in [6.07, 6.45) is -2.71. The molecule has 0 saturated heterocycles. The third-order valence-corrected chi connectivity index (χ3v) is 2.52. The van der Waals surface area contributed by atoms with E-state index in [0.29, 0.717) is 6.07 Å². The van der Waals surface area contributed by atoms with E-state index in [4.69, 9.17) is 0 Å². The molecular weight excluding hydrogens is 318 g/mol. The zero-order valence-corrected chi connectivity index (χ0v) is 10.8. The summed E-state index contributed by atoms with van der Waals surface area (Å²) in [6, 6.07) is 2.40. The molecule has 1 rings (SSSR count). The van der Waals surface area contributed by atoms with Gasteiger partial charge in [-0.05, 0) is 12.1 Å². The van der Waals surface area contributed by atoms with Crippen LogP contribution in [0.5, 0.6) is 0 Å². The van der Waals surface area contributed by atoms with E-state index in [2.05, 4.69) is 15.9 Å². The zero-order valence-electron chi connectivity index (χ0n) is 9.18. The molecule has 0 bridgehead atoms. The van der Waals surface area contributed by atoms with Gasteiger partial charge in [-0.1, -0.05) is 15.9 Å². The quantitative estimate of drug-likeness (QED) is 0.601. The van der Waals surface area contributed by atoms with Crippen molar-refractivity contribution >= 4 is 21.8 Å². The van der Waals surface area contributed by atoms with Gasteiger partial charge < -0.3 is 4.90 Å². The minimum absolute atomic E-state index is 0.0139. The molecule has 7 heteroatoms. The maximum Gasteiger partial charge on any atom is 0.257 e. The first-order valence-electron chi connectivity index (χ1n) is 5.04. The monoisotopic (exact) mass is 327 g/mol. The van der Waals surface area contributed by atoms with Crippen LogP contribution in [-0.4, -0.2) is 35.7 Å².